The third-order valence-corrected chi connectivity index (χ3v) is 4.61. The van der Waals surface area contributed by atoms with Gasteiger partial charge in [-0.15, -0.1) is 0 Å². The van der Waals surface area contributed by atoms with Crippen LogP contribution >= 0.6 is 31.9 Å². The van der Waals surface area contributed by atoms with Gasteiger partial charge in [0.2, 0.25) is 0 Å². The van der Waals surface area contributed by atoms with Crippen LogP contribution in [0.5, 0.6) is 11.5 Å². The molecule has 0 spiro atoms. The fraction of sp³-hybridized carbons (Fsp3) is 0.0526. The number of hydrogen-bond acceptors (Lipinski definition) is 2. The second-order valence-electron chi connectivity index (χ2n) is 5.33. The molecule has 0 N–H and O–H groups in total. The molecule has 0 aromatic heterocycles. The van der Waals surface area contributed by atoms with E-state index in [1.165, 1.54) is 0 Å². The monoisotopic (exact) mass is 444 g/mol. The summed E-state index contributed by atoms with van der Waals surface area (Å²) in [6, 6.07) is 23.5. The topological polar surface area (TPSA) is 18.5 Å². The lowest BCUT2D eigenvalue weighted by molar-refractivity contribution is 0.439. The number of aryl methyl sites for hydroxylation is 1. The van der Waals surface area contributed by atoms with E-state index in [4.69, 9.17) is 9.31 Å². The summed E-state index contributed by atoms with van der Waals surface area (Å²) in [6.07, 6.45) is 0. The SMILES string of the molecule is Cc1ccccc1B(Oc1ccc(Br)cc1)Oc1ccc(Br)cc1. The van der Waals surface area contributed by atoms with Gasteiger partial charge in [0.15, 0.2) is 0 Å². The summed E-state index contributed by atoms with van der Waals surface area (Å²) in [5.41, 5.74) is 2.13. The fourth-order valence-electron chi connectivity index (χ4n) is 2.28. The van der Waals surface area contributed by atoms with E-state index in [-0.39, 0.29) is 0 Å². The van der Waals surface area contributed by atoms with Crippen molar-refractivity contribution < 1.29 is 9.31 Å². The van der Waals surface area contributed by atoms with E-state index < -0.39 is 7.12 Å². The molecule has 120 valence electrons. The van der Waals surface area contributed by atoms with Crippen molar-refractivity contribution in [1.82, 2.24) is 0 Å². The van der Waals surface area contributed by atoms with Gasteiger partial charge < -0.3 is 9.31 Å². The molecule has 0 fully saturated rings. The van der Waals surface area contributed by atoms with Crippen molar-refractivity contribution in [2.45, 2.75) is 6.92 Å². The lowest BCUT2D eigenvalue weighted by Gasteiger charge is -2.18. The van der Waals surface area contributed by atoms with Crippen molar-refractivity contribution in [2.75, 3.05) is 0 Å². The molecular weight excluding hydrogens is 431 g/mol. The summed E-state index contributed by atoms with van der Waals surface area (Å²) in [5, 5.41) is 0. The Bertz CT molecular complexity index is 757. The minimum atomic E-state index is -0.520. The van der Waals surface area contributed by atoms with Gasteiger partial charge in [0, 0.05) is 14.4 Å². The smallest absolute Gasteiger partial charge is 0.522 e. The standard InChI is InChI=1S/C19H15BBr2O2/c1-14-4-2-3-5-19(14)20(23-17-10-6-15(21)7-11-17)24-18-12-8-16(22)9-13-18/h2-13H,1H3. The molecule has 0 saturated carbocycles. The van der Waals surface area contributed by atoms with Crippen LogP contribution in [0.1, 0.15) is 5.56 Å². The summed E-state index contributed by atoms with van der Waals surface area (Å²) in [5.74, 6) is 1.51. The predicted octanol–water partition coefficient (Wildman–Crippen LogP) is 5.37. The molecule has 24 heavy (non-hydrogen) atoms. The summed E-state index contributed by atoms with van der Waals surface area (Å²) in [4.78, 5) is 0. The highest BCUT2D eigenvalue weighted by Crippen LogP contribution is 2.20. The molecule has 0 heterocycles. The maximum atomic E-state index is 6.12. The zero-order valence-electron chi connectivity index (χ0n) is 13.1. The maximum absolute atomic E-state index is 6.12. The average molecular weight is 446 g/mol. The van der Waals surface area contributed by atoms with Gasteiger partial charge in [-0.25, -0.2) is 0 Å². The van der Waals surface area contributed by atoms with Crippen molar-refractivity contribution in [3.8, 4) is 11.5 Å². The Morgan fingerprint density at radius 2 is 1.12 bits per heavy atom. The summed E-state index contributed by atoms with van der Waals surface area (Å²) < 4.78 is 14.3. The molecule has 0 bridgehead atoms. The Morgan fingerprint density at radius 1 is 0.667 bits per heavy atom. The van der Waals surface area contributed by atoms with Gasteiger partial charge >= 0.3 is 7.12 Å². The van der Waals surface area contributed by atoms with Crippen molar-refractivity contribution in [2.24, 2.45) is 0 Å². The predicted molar refractivity (Wildman–Crippen MR) is 106 cm³/mol. The van der Waals surface area contributed by atoms with E-state index >= 15 is 0 Å². The number of hydrogen-bond donors (Lipinski definition) is 0. The zero-order valence-corrected chi connectivity index (χ0v) is 16.2. The van der Waals surface area contributed by atoms with Gasteiger partial charge in [0.05, 0.1) is 0 Å². The van der Waals surface area contributed by atoms with Crippen molar-refractivity contribution in [3.63, 3.8) is 0 Å². The summed E-state index contributed by atoms with van der Waals surface area (Å²) >= 11 is 6.87. The number of benzene rings is 3. The first kappa shape index (κ1) is 17.1. The third-order valence-electron chi connectivity index (χ3n) is 3.56. The molecule has 0 amide bonds. The van der Waals surface area contributed by atoms with Gasteiger partial charge in [0.1, 0.15) is 11.5 Å². The van der Waals surface area contributed by atoms with Crippen LogP contribution in [0, 0.1) is 6.92 Å². The lowest BCUT2D eigenvalue weighted by Crippen LogP contribution is -2.44. The van der Waals surface area contributed by atoms with E-state index in [0.717, 1.165) is 31.5 Å². The fourth-order valence-corrected chi connectivity index (χ4v) is 2.80. The quantitative estimate of drug-likeness (QED) is 0.491. The first-order chi connectivity index (χ1) is 11.6. The Morgan fingerprint density at radius 3 is 1.58 bits per heavy atom. The Balaban J connectivity index is 1.89. The summed E-state index contributed by atoms with van der Waals surface area (Å²) in [6.45, 7) is 2.05. The molecule has 0 radical (unpaired) electrons. The zero-order chi connectivity index (χ0) is 16.9. The van der Waals surface area contributed by atoms with Crippen molar-refractivity contribution in [1.29, 1.82) is 0 Å². The second-order valence-corrected chi connectivity index (χ2v) is 7.16. The molecule has 3 aromatic carbocycles. The number of halogens is 2. The van der Waals surface area contributed by atoms with Crippen LogP contribution in [0.15, 0.2) is 81.7 Å². The highest BCUT2D eigenvalue weighted by atomic mass is 79.9. The van der Waals surface area contributed by atoms with Crippen LogP contribution in [-0.4, -0.2) is 7.12 Å². The molecule has 0 aliphatic rings. The molecule has 2 nitrogen and oxygen atoms in total. The number of rotatable bonds is 5. The van der Waals surface area contributed by atoms with E-state index in [1.807, 2.05) is 66.7 Å². The Kier molecular flexibility index (Phi) is 5.64. The van der Waals surface area contributed by atoms with Gasteiger partial charge in [0.25, 0.3) is 0 Å². The third kappa shape index (κ3) is 4.43. The Hall–Kier alpha value is -1.72. The van der Waals surface area contributed by atoms with E-state index in [1.54, 1.807) is 0 Å². The highest BCUT2D eigenvalue weighted by Gasteiger charge is 2.28. The molecule has 3 aromatic rings. The van der Waals surface area contributed by atoms with Gasteiger partial charge in [-0.05, 0) is 61.0 Å². The van der Waals surface area contributed by atoms with E-state index in [9.17, 15) is 0 Å². The molecule has 0 unspecified atom stereocenters. The van der Waals surface area contributed by atoms with Crippen LogP contribution in [0.25, 0.3) is 0 Å². The van der Waals surface area contributed by atoms with Crippen LogP contribution in [0.4, 0.5) is 0 Å². The molecule has 5 heteroatoms. The lowest BCUT2D eigenvalue weighted by atomic mass is 9.75. The molecule has 0 atom stereocenters. The maximum Gasteiger partial charge on any atom is 0.632 e. The Labute approximate surface area is 159 Å². The van der Waals surface area contributed by atoms with Gasteiger partial charge in [-0.3, -0.25) is 0 Å². The largest absolute Gasteiger partial charge is 0.632 e. The van der Waals surface area contributed by atoms with Crippen LogP contribution in [-0.2, 0) is 0 Å². The van der Waals surface area contributed by atoms with Gasteiger partial charge in [-0.1, -0.05) is 56.1 Å². The van der Waals surface area contributed by atoms with Crippen LogP contribution in [0.2, 0.25) is 0 Å². The van der Waals surface area contributed by atoms with Crippen molar-refractivity contribution >= 4 is 44.4 Å². The van der Waals surface area contributed by atoms with Crippen molar-refractivity contribution in [3.05, 3.63) is 87.3 Å². The molecule has 0 aliphatic heterocycles. The van der Waals surface area contributed by atoms with E-state index in [2.05, 4.69) is 44.8 Å². The minimum absolute atomic E-state index is 0.520. The average Bonchev–Trinajstić information content (AvgIpc) is 2.59. The molecular formula is C19H15BBr2O2. The van der Waals surface area contributed by atoms with Gasteiger partial charge in [-0.2, -0.15) is 0 Å². The molecule has 0 saturated heterocycles. The van der Waals surface area contributed by atoms with Crippen LogP contribution < -0.4 is 14.8 Å². The first-order valence-electron chi connectivity index (χ1n) is 7.52. The van der Waals surface area contributed by atoms with E-state index in [0.29, 0.717) is 0 Å². The second kappa shape index (κ2) is 7.91. The molecule has 0 aliphatic carbocycles. The summed E-state index contributed by atoms with van der Waals surface area (Å²) in [7, 11) is -0.520. The van der Waals surface area contributed by atoms with Crippen LogP contribution in [0.3, 0.4) is 0 Å². The highest BCUT2D eigenvalue weighted by molar-refractivity contribution is 9.10. The normalized spacial score (nSPS) is 10.3. The first-order valence-corrected chi connectivity index (χ1v) is 9.10. The molecule has 3 rings (SSSR count). The minimum Gasteiger partial charge on any atom is -0.522 e.